The normalized spacial score (nSPS) is 8.29. The molecule has 0 saturated heterocycles. The van der Waals surface area contributed by atoms with Crippen molar-refractivity contribution in [3.8, 4) is 0 Å². The van der Waals surface area contributed by atoms with Crippen LogP contribution >= 0.6 is 0 Å². The van der Waals surface area contributed by atoms with Gasteiger partial charge in [-0.3, -0.25) is 4.79 Å². The Balaban J connectivity index is 3.58. The quantitative estimate of drug-likeness (QED) is 0.475. The van der Waals surface area contributed by atoms with Crippen LogP contribution in [0.25, 0.3) is 0 Å². The summed E-state index contributed by atoms with van der Waals surface area (Å²) >= 11 is 0. The molecule has 0 aliphatic carbocycles. The van der Waals surface area contributed by atoms with Gasteiger partial charge in [0.1, 0.15) is 0 Å². The van der Waals surface area contributed by atoms with E-state index >= 15 is 0 Å². The summed E-state index contributed by atoms with van der Waals surface area (Å²) < 4.78 is 0. The van der Waals surface area contributed by atoms with Gasteiger partial charge in [0.05, 0.1) is 0 Å². The molecule has 0 spiro atoms. The first kappa shape index (κ1) is 6.41. The largest absolute Gasteiger partial charge is 0.295 e. The van der Waals surface area contributed by atoms with Crippen LogP contribution in [0, 0.1) is 6.58 Å². The van der Waals surface area contributed by atoms with Crippen molar-refractivity contribution in [2.75, 3.05) is 0 Å². The number of carbonyl (C=O) groups excluding carboxylic acids is 1. The molecule has 0 N–H and O–H groups in total. The number of carbonyl (C=O) groups is 1. The standard InChI is InChI=1S/C6H9O/c1-4-5(2)6(3)7/h2H,4H2,1,3H3. The van der Waals surface area contributed by atoms with Crippen LogP contribution in [0.2, 0.25) is 0 Å². The van der Waals surface area contributed by atoms with Crippen LogP contribution in [0.1, 0.15) is 20.3 Å². The molecule has 0 aromatic rings. The average molecular weight is 97.1 g/mol. The van der Waals surface area contributed by atoms with Crippen molar-refractivity contribution in [3.63, 3.8) is 0 Å². The molecule has 0 rings (SSSR count). The van der Waals surface area contributed by atoms with Gasteiger partial charge in [0, 0.05) is 0 Å². The van der Waals surface area contributed by atoms with Crippen molar-refractivity contribution in [2.24, 2.45) is 0 Å². The molecule has 1 heteroatoms. The fourth-order valence-electron chi connectivity index (χ4n) is 0.249. The minimum absolute atomic E-state index is 0.0116. The zero-order valence-electron chi connectivity index (χ0n) is 4.69. The molecule has 0 unspecified atom stereocenters. The first-order chi connectivity index (χ1) is 3.18. The summed E-state index contributed by atoms with van der Waals surface area (Å²) in [6, 6.07) is 0. The molecule has 1 radical (unpaired) electrons. The van der Waals surface area contributed by atoms with Crippen LogP contribution in [0.3, 0.4) is 0 Å². The highest BCUT2D eigenvalue weighted by atomic mass is 16.1. The molecule has 0 aliphatic heterocycles. The molecule has 0 atom stereocenters. The van der Waals surface area contributed by atoms with E-state index in [1.54, 1.807) is 0 Å². The first-order valence-electron chi connectivity index (χ1n) is 2.30. The second kappa shape index (κ2) is 2.56. The summed E-state index contributed by atoms with van der Waals surface area (Å²) in [6.45, 7) is 8.51. The maximum absolute atomic E-state index is 10.2. The minimum atomic E-state index is -0.0116. The van der Waals surface area contributed by atoms with Gasteiger partial charge >= 0.3 is 0 Å². The lowest BCUT2D eigenvalue weighted by Crippen LogP contribution is -1.91. The summed E-state index contributed by atoms with van der Waals surface area (Å²) in [4.78, 5) is 10.2. The van der Waals surface area contributed by atoms with Crippen LogP contribution < -0.4 is 0 Å². The predicted octanol–water partition coefficient (Wildman–Crippen LogP) is 1.34. The molecule has 1 nitrogen and oxygen atoms in total. The van der Waals surface area contributed by atoms with E-state index in [2.05, 4.69) is 0 Å². The Morgan fingerprint density at radius 1 is 1.71 bits per heavy atom. The van der Waals surface area contributed by atoms with Gasteiger partial charge in [-0.15, -0.1) is 0 Å². The van der Waals surface area contributed by atoms with Gasteiger partial charge < -0.3 is 0 Å². The molecule has 0 fully saturated rings. The van der Waals surface area contributed by atoms with Crippen LogP contribution in [0.5, 0.6) is 0 Å². The fourth-order valence-corrected chi connectivity index (χ4v) is 0.249. The first-order valence-corrected chi connectivity index (χ1v) is 2.30. The van der Waals surface area contributed by atoms with Crippen LogP contribution in [0.15, 0.2) is 5.57 Å². The van der Waals surface area contributed by atoms with Crippen molar-refractivity contribution < 1.29 is 4.79 Å². The van der Waals surface area contributed by atoms with Gasteiger partial charge in [-0.1, -0.05) is 13.5 Å². The molecule has 0 aromatic carbocycles. The SMILES string of the molecule is [CH]=C(CC)C(C)=O. The van der Waals surface area contributed by atoms with E-state index in [1.807, 2.05) is 6.92 Å². The van der Waals surface area contributed by atoms with E-state index in [9.17, 15) is 4.79 Å². The zero-order chi connectivity index (χ0) is 5.86. The van der Waals surface area contributed by atoms with Crippen molar-refractivity contribution in [3.05, 3.63) is 12.2 Å². The lowest BCUT2D eigenvalue weighted by molar-refractivity contribution is -0.113. The van der Waals surface area contributed by atoms with Crippen LogP contribution in [-0.4, -0.2) is 5.78 Å². The summed E-state index contributed by atoms with van der Waals surface area (Å²) in [5.41, 5.74) is 0.458. The molecule has 0 heterocycles. The molecule has 39 valence electrons. The number of allylic oxidation sites excluding steroid dienone is 1. The fraction of sp³-hybridized carbons (Fsp3) is 0.500. The van der Waals surface area contributed by atoms with Crippen molar-refractivity contribution in [1.29, 1.82) is 0 Å². The summed E-state index contributed by atoms with van der Waals surface area (Å²) in [5.74, 6) is -0.0116. The Morgan fingerprint density at radius 3 is 2.14 bits per heavy atom. The highest BCUT2D eigenvalue weighted by molar-refractivity contribution is 5.91. The monoisotopic (exact) mass is 97.1 g/mol. The molecular formula is C6H9O. The number of rotatable bonds is 2. The second-order valence-electron chi connectivity index (χ2n) is 1.43. The Bertz CT molecular complexity index is 92.4. The smallest absolute Gasteiger partial charge is 0.155 e. The Hall–Kier alpha value is -0.590. The van der Waals surface area contributed by atoms with Crippen LogP contribution in [-0.2, 0) is 4.79 Å². The summed E-state index contributed by atoms with van der Waals surface area (Å²) in [6.07, 6.45) is 0.662. The average Bonchev–Trinajstić information content (AvgIpc) is 1.65. The van der Waals surface area contributed by atoms with E-state index in [0.717, 1.165) is 0 Å². The highest BCUT2D eigenvalue weighted by Gasteiger charge is 1.92. The third-order valence-corrected chi connectivity index (χ3v) is 0.833. The molecule has 0 aliphatic rings. The molecule has 0 saturated carbocycles. The molecule has 7 heavy (non-hydrogen) atoms. The molecular weight excluding hydrogens is 88.1 g/mol. The molecule has 0 amide bonds. The lowest BCUT2D eigenvalue weighted by Gasteiger charge is -1.88. The Morgan fingerprint density at radius 2 is 2.14 bits per heavy atom. The van der Waals surface area contributed by atoms with Crippen molar-refractivity contribution in [2.45, 2.75) is 20.3 Å². The number of Topliss-reactive ketones (excluding diaryl/α,β-unsaturated/α-hetero) is 1. The van der Waals surface area contributed by atoms with E-state index in [1.165, 1.54) is 6.92 Å². The Kier molecular flexibility index (Phi) is 2.34. The maximum Gasteiger partial charge on any atom is 0.155 e. The van der Waals surface area contributed by atoms with Gasteiger partial charge in [-0.25, -0.2) is 0 Å². The zero-order valence-corrected chi connectivity index (χ0v) is 4.69. The maximum atomic E-state index is 10.2. The van der Waals surface area contributed by atoms with Gasteiger partial charge in [-0.2, -0.15) is 0 Å². The number of ketones is 1. The topological polar surface area (TPSA) is 17.1 Å². The predicted molar refractivity (Wildman–Crippen MR) is 28.8 cm³/mol. The van der Waals surface area contributed by atoms with Crippen molar-refractivity contribution in [1.82, 2.24) is 0 Å². The summed E-state index contributed by atoms with van der Waals surface area (Å²) in [7, 11) is 0. The highest BCUT2D eigenvalue weighted by Crippen LogP contribution is 1.94. The minimum Gasteiger partial charge on any atom is -0.295 e. The second-order valence-corrected chi connectivity index (χ2v) is 1.43. The van der Waals surface area contributed by atoms with Gasteiger partial charge in [-0.05, 0) is 18.9 Å². The third kappa shape index (κ3) is 2.15. The third-order valence-electron chi connectivity index (χ3n) is 0.833. The van der Waals surface area contributed by atoms with E-state index in [-0.39, 0.29) is 5.78 Å². The summed E-state index contributed by atoms with van der Waals surface area (Å²) in [5, 5.41) is 0. The van der Waals surface area contributed by atoms with Crippen LogP contribution in [0.4, 0.5) is 0 Å². The number of hydrogen-bond donors (Lipinski definition) is 0. The van der Waals surface area contributed by atoms with E-state index < -0.39 is 0 Å². The van der Waals surface area contributed by atoms with Crippen molar-refractivity contribution >= 4 is 5.78 Å². The molecule has 0 aromatic heterocycles. The lowest BCUT2D eigenvalue weighted by atomic mass is 10.2. The Labute approximate surface area is 44.0 Å². The number of hydrogen-bond acceptors (Lipinski definition) is 1. The molecule has 0 bridgehead atoms. The van der Waals surface area contributed by atoms with E-state index in [4.69, 9.17) is 6.58 Å². The van der Waals surface area contributed by atoms with Gasteiger partial charge in [0.15, 0.2) is 5.78 Å². The van der Waals surface area contributed by atoms with Gasteiger partial charge in [0.25, 0.3) is 0 Å². The van der Waals surface area contributed by atoms with E-state index in [0.29, 0.717) is 12.0 Å². The van der Waals surface area contributed by atoms with Gasteiger partial charge in [0.2, 0.25) is 0 Å².